The Kier molecular flexibility index (Phi) is 10.0. The number of rotatable bonds is 11. The predicted molar refractivity (Wildman–Crippen MR) is 99.0 cm³/mol. The van der Waals surface area contributed by atoms with E-state index in [1.165, 1.54) is 12.0 Å². The molecule has 6 nitrogen and oxygen atoms in total. The zero-order valence-corrected chi connectivity index (χ0v) is 17.1. The summed E-state index contributed by atoms with van der Waals surface area (Å²) >= 11 is 11.8. The minimum Gasteiger partial charge on any atom is -0.309 e. The topological polar surface area (TPSA) is 65.1 Å². The lowest BCUT2D eigenvalue weighted by Crippen LogP contribution is -2.30. The zero-order chi connectivity index (χ0) is 18.9. The van der Waals surface area contributed by atoms with Gasteiger partial charge >= 0.3 is 7.60 Å². The van der Waals surface area contributed by atoms with Gasteiger partial charge in [0.2, 0.25) is 5.91 Å². The zero-order valence-electron chi connectivity index (χ0n) is 14.7. The van der Waals surface area contributed by atoms with E-state index in [1.807, 2.05) is 0 Å². The van der Waals surface area contributed by atoms with E-state index in [9.17, 15) is 9.36 Å². The van der Waals surface area contributed by atoms with Gasteiger partial charge in [-0.3, -0.25) is 14.2 Å². The highest BCUT2D eigenvalue weighted by Gasteiger charge is 2.23. The fourth-order valence-corrected chi connectivity index (χ4v) is 4.03. The van der Waals surface area contributed by atoms with E-state index in [0.29, 0.717) is 29.7 Å². The van der Waals surface area contributed by atoms with Crippen LogP contribution in [0.4, 0.5) is 0 Å². The molecule has 1 aromatic rings. The Morgan fingerprint density at radius 3 is 2.32 bits per heavy atom. The van der Waals surface area contributed by atoms with Crippen LogP contribution in [0.15, 0.2) is 18.2 Å². The van der Waals surface area contributed by atoms with Crippen molar-refractivity contribution in [3.8, 4) is 0 Å². The number of nitrogens with zero attached hydrogens (tertiary/aromatic N) is 1. The van der Waals surface area contributed by atoms with Crippen molar-refractivity contribution in [3.63, 3.8) is 0 Å². The van der Waals surface area contributed by atoms with E-state index in [4.69, 9.17) is 37.1 Å². The summed E-state index contributed by atoms with van der Waals surface area (Å²) in [5.41, 5.74) is 0.787. The largest absolute Gasteiger partial charge is 0.330 e. The number of carbonyl (C=O) groups excluding carboxylic acids is 1. The van der Waals surface area contributed by atoms with Crippen molar-refractivity contribution in [2.45, 2.75) is 33.8 Å². The van der Waals surface area contributed by atoms with Crippen molar-refractivity contribution in [2.24, 2.45) is 0 Å². The summed E-state index contributed by atoms with van der Waals surface area (Å²) in [6.45, 7) is 5.98. The molecule has 1 rings (SSSR count). The number of hydroxylamine groups is 2. The summed E-state index contributed by atoms with van der Waals surface area (Å²) in [4.78, 5) is 17.2. The number of benzene rings is 1. The lowest BCUT2D eigenvalue weighted by atomic mass is 10.2. The molecule has 25 heavy (non-hydrogen) atoms. The van der Waals surface area contributed by atoms with Crippen LogP contribution in [0.2, 0.25) is 10.0 Å². The van der Waals surface area contributed by atoms with Crippen LogP contribution >= 0.6 is 30.8 Å². The van der Waals surface area contributed by atoms with Crippen molar-refractivity contribution >= 4 is 36.7 Å². The van der Waals surface area contributed by atoms with Gasteiger partial charge in [0.25, 0.3) is 0 Å². The highest BCUT2D eigenvalue weighted by molar-refractivity contribution is 7.53. The van der Waals surface area contributed by atoms with Crippen LogP contribution in [-0.4, -0.2) is 36.9 Å². The number of amides is 1. The minimum absolute atomic E-state index is 0.172. The third kappa shape index (κ3) is 8.07. The third-order valence-electron chi connectivity index (χ3n) is 3.17. The van der Waals surface area contributed by atoms with Crippen LogP contribution < -0.4 is 0 Å². The van der Waals surface area contributed by atoms with Gasteiger partial charge in [-0.05, 0) is 38.0 Å². The first kappa shape index (κ1) is 22.4. The highest BCUT2D eigenvalue weighted by Crippen LogP contribution is 2.48. The van der Waals surface area contributed by atoms with E-state index in [0.717, 1.165) is 5.56 Å². The summed E-state index contributed by atoms with van der Waals surface area (Å²) in [6.07, 6.45) is 0.646. The van der Waals surface area contributed by atoms with Crippen molar-refractivity contribution < 1.29 is 23.2 Å². The first-order valence-corrected chi connectivity index (χ1v) is 10.5. The van der Waals surface area contributed by atoms with Gasteiger partial charge in [-0.2, -0.15) is 0 Å². The van der Waals surface area contributed by atoms with Crippen LogP contribution in [0.5, 0.6) is 0 Å². The van der Waals surface area contributed by atoms with Gasteiger partial charge in [0.05, 0.1) is 29.4 Å². The Balaban J connectivity index is 2.55. The number of hydrogen-bond donors (Lipinski definition) is 0. The van der Waals surface area contributed by atoms with E-state index >= 15 is 0 Å². The molecule has 0 radical (unpaired) electrons. The molecule has 0 atom stereocenters. The molecule has 0 fully saturated rings. The Bertz CT molecular complexity index is 604. The van der Waals surface area contributed by atoms with Gasteiger partial charge in [0.1, 0.15) is 6.61 Å². The molecule has 0 bridgehead atoms. The maximum Gasteiger partial charge on any atom is 0.330 e. The fraction of sp³-hybridized carbons (Fsp3) is 0.562. The van der Waals surface area contributed by atoms with Crippen LogP contribution in [-0.2, 0) is 29.9 Å². The monoisotopic (exact) mass is 411 g/mol. The van der Waals surface area contributed by atoms with E-state index in [-0.39, 0.29) is 25.2 Å². The molecule has 0 saturated carbocycles. The molecule has 1 amide bonds. The lowest BCUT2D eigenvalue weighted by Gasteiger charge is -2.22. The average Bonchev–Trinajstić information content (AvgIpc) is 2.54. The van der Waals surface area contributed by atoms with Gasteiger partial charge in [0, 0.05) is 13.5 Å². The van der Waals surface area contributed by atoms with Gasteiger partial charge < -0.3 is 9.05 Å². The maximum atomic E-state index is 12.4. The van der Waals surface area contributed by atoms with E-state index < -0.39 is 7.60 Å². The van der Waals surface area contributed by atoms with Gasteiger partial charge in [-0.1, -0.05) is 29.3 Å². The number of carbonyl (C=O) groups is 1. The van der Waals surface area contributed by atoms with Gasteiger partial charge in [-0.15, -0.1) is 0 Å². The Morgan fingerprint density at radius 2 is 1.80 bits per heavy atom. The molecule has 0 N–H and O–H groups in total. The van der Waals surface area contributed by atoms with Crippen molar-refractivity contribution in [3.05, 3.63) is 33.8 Å². The molecule has 0 heterocycles. The lowest BCUT2D eigenvalue weighted by molar-refractivity contribution is -0.189. The Morgan fingerprint density at radius 1 is 1.16 bits per heavy atom. The molecule has 0 aliphatic heterocycles. The summed E-state index contributed by atoms with van der Waals surface area (Å²) < 4.78 is 22.9. The molecule has 9 heteroatoms. The van der Waals surface area contributed by atoms with Crippen molar-refractivity contribution in [1.29, 1.82) is 0 Å². The SMILES string of the molecule is CCOP(=O)(CCCN(OCc1ccc(Cl)c(Cl)c1)C(C)=O)OCC. The molecule has 0 unspecified atom stereocenters. The Labute approximate surface area is 158 Å². The van der Waals surface area contributed by atoms with E-state index in [1.54, 1.807) is 32.0 Å². The summed E-state index contributed by atoms with van der Waals surface area (Å²) in [5, 5.41) is 2.10. The molecular formula is C16H24Cl2NO5P. The second kappa shape index (κ2) is 11.2. The van der Waals surface area contributed by atoms with Gasteiger partial charge in [-0.25, -0.2) is 5.06 Å². The minimum atomic E-state index is -3.12. The first-order chi connectivity index (χ1) is 11.8. The molecular weight excluding hydrogens is 388 g/mol. The summed E-state index contributed by atoms with van der Waals surface area (Å²) in [7, 11) is -3.12. The molecule has 1 aromatic carbocycles. The van der Waals surface area contributed by atoms with Gasteiger partial charge in [0.15, 0.2) is 0 Å². The van der Waals surface area contributed by atoms with Crippen LogP contribution in [0.3, 0.4) is 0 Å². The Hall–Kier alpha value is -0.620. The number of hydrogen-bond acceptors (Lipinski definition) is 5. The quantitative estimate of drug-likeness (QED) is 0.381. The summed E-state index contributed by atoms with van der Waals surface area (Å²) in [5.74, 6) is -0.247. The molecule has 0 spiro atoms. The van der Waals surface area contributed by atoms with Crippen LogP contribution in [0.25, 0.3) is 0 Å². The average molecular weight is 412 g/mol. The normalized spacial score (nSPS) is 11.6. The van der Waals surface area contributed by atoms with Crippen molar-refractivity contribution in [2.75, 3.05) is 25.9 Å². The second-order valence-corrected chi connectivity index (χ2v) is 8.17. The van der Waals surface area contributed by atoms with Crippen molar-refractivity contribution in [1.82, 2.24) is 5.06 Å². The maximum absolute atomic E-state index is 12.4. The van der Waals surface area contributed by atoms with Crippen LogP contribution in [0, 0.1) is 0 Å². The molecule has 0 aliphatic carbocycles. The third-order valence-corrected chi connectivity index (χ3v) is 6.07. The number of halogens is 2. The smallest absolute Gasteiger partial charge is 0.309 e. The van der Waals surface area contributed by atoms with Crippen LogP contribution in [0.1, 0.15) is 32.8 Å². The summed E-state index contributed by atoms with van der Waals surface area (Å²) in [6, 6.07) is 5.12. The highest BCUT2D eigenvalue weighted by atomic mass is 35.5. The van der Waals surface area contributed by atoms with E-state index in [2.05, 4.69) is 0 Å². The molecule has 0 saturated heterocycles. The standard InChI is InChI=1S/C16H24Cl2NO5P/c1-4-23-25(21,24-5-2)10-6-9-19(13(3)20)22-12-14-7-8-15(17)16(18)11-14/h7-8,11H,4-6,9-10,12H2,1-3H3. The molecule has 0 aliphatic rings. The predicted octanol–water partition coefficient (Wildman–Crippen LogP) is 4.93. The second-order valence-electron chi connectivity index (χ2n) is 5.17. The molecule has 142 valence electrons. The first-order valence-electron chi connectivity index (χ1n) is 8.04. The fourth-order valence-electron chi connectivity index (χ4n) is 2.06. The molecule has 0 aromatic heterocycles.